The Bertz CT molecular complexity index is 919. The van der Waals surface area contributed by atoms with Crippen LogP contribution in [0.1, 0.15) is 10.4 Å². The number of aryl methyl sites for hydroxylation is 1. The van der Waals surface area contributed by atoms with E-state index in [1.807, 2.05) is 26.0 Å². The van der Waals surface area contributed by atoms with Crippen LogP contribution in [-0.4, -0.2) is 47.8 Å². The zero-order chi connectivity index (χ0) is 18.7. The first kappa shape index (κ1) is 17.9. The second-order valence-corrected chi connectivity index (χ2v) is 6.29. The minimum Gasteiger partial charge on any atom is -0.457 e. The Balaban J connectivity index is 1.93. The topological polar surface area (TPSA) is 59.4 Å². The SMILES string of the molecule is CN(C)CCNC(=O)c1cc2c(cnn2C)cc1Oc1ccc(F)cc1. The molecule has 0 radical (unpaired) electrons. The number of aromatic nitrogens is 2. The summed E-state index contributed by atoms with van der Waals surface area (Å²) in [7, 11) is 5.70. The van der Waals surface area contributed by atoms with E-state index in [1.165, 1.54) is 24.3 Å². The number of nitrogens with zero attached hydrogens (tertiary/aromatic N) is 3. The molecule has 1 aromatic heterocycles. The van der Waals surface area contributed by atoms with Crippen LogP contribution in [0.15, 0.2) is 42.6 Å². The average Bonchev–Trinajstić information content (AvgIpc) is 2.96. The number of ether oxygens (including phenoxy) is 1. The van der Waals surface area contributed by atoms with Crippen LogP contribution in [0.25, 0.3) is 10.9 Å². The zero-order valence-electron chi connectivity index (χ0n) is 15.0. The lowest BCUT2D eigenvalue weighted by Gasteiger charge is -2.14. The van der Waals surface area contributed by atoms with E-state index in [-0.39, 0.29) is 11.7 Å². The first-order chi connectivity index (χ1) is 12.4. The minimum absolute atomic E-state index is 0.230. The molecular weight excluding hydrogens is 335 g/mol. The first-order valence-electron chi connectivity index (χ1n) is 8.26. The number of amides is 1. The normalized spacial score (nSPS) is 11.1. The largest absolute Gasteiger partial charge is 0.457 e. The molecule has 1 heterocycles. The van der Waals surface area contributed by atoms with Crippen LogP contribution in [0.2, 0.25) is 0 Å². The predicted octanol–water partition coefficient (Wildman–Crippen LogP) is 2.80. The first-order valence-corrected chi connectivity index (χ1v) is 8.26. The maximum absolute atomic E-state index is 13.1. The number of carbonyl (C=O) groups excluding carboxylic acids is 1. The molecule has 2 aromatic carbocycles. The number of benzene rings is 2. The number of hydrogen-bond donors (Lipinski definition) is 1. The monoisotopic (exact) mass is 356 g/mol. The van der Waals surface area contributed by atoms with Gasteiger partial charge >= 0.3 is 0 Å². The molecule has 0 saturated carbocycles. The van der Waals surface area contributed by atoms with Crippen molar-refractivity contribution >= 4 is 16.8 Å². The van der Waals surface area contributed by atoms with Crippen molar-refractivity contribution in [3.05, 3.63) is 54.0 Å². The van der Waals surface area contributed by atoms with E-state index in [0.29, 0.717) is 23.6 Å². The second-order valence-electron chi connectivity index (χ2n) is 6.29. The molecule has 1 amide bonds. The van der Waals surface area contributed by atoms with Gasteiger partial charge in [-0.25, -0.2) is 4.39 Å². The molecule has 0 saturated heterocycles. The third-order valence-corrected chi connectivity index (χ3v) is 3.98. The molecule has 0 aliphatic heterocycles. The van der Waals surface area contributed by atoms with Crippen molar-refractivity contribution in [2.75, 3.05) is 27.2 Å². The summed E-state index contributed by atoms with van der Waals surface area (Å²) >= 11 is 0. The molecule has 26 heavy (non-hydrogen) atoms. The number of nitrogens with one attached hydrogen (secondary N) is 1. The lowest BCUT2D eigenvalue weighted by Crippen LogP contribution is -2.31. The molecule has 0 spiro atoms. The molecule has 136 valence electrons. The quantitative estimate of drug-likeness (QED) is 0.738. The maximum atomic E-state index is 13.1. The number of hydrogen-bond acceptors (Lipinski definition) is 4. The summed E-state index contributed by atoms with van der Waals surface area (Å²) in [4.78, 5) is 14.7. The predicted molar refractivity (Wildman–Crippen MR) is 98.1 cm³/mol. The van der Waals surface area contributed by atoms with Gasteiger partial charge in [-0.2, -0.15) is 5.10 Å². The van der Waals surface area contributed by atoms with Crippen molar-refractivity contribution in [1.82, 2.24) is 20.0 Å². The van der Waals surface area contributed by atoms with E-state index in [1.54, 1.807) is 23.0 Å². The van der Waals surface area contributed by atoms with Gasteiger partial charge in [0, 0.05) is 25.5 Å². The highest BCUT2D eigenvalue weighted by atomic mass is 19.1. The molecule has 7 heteroatoms. The third-order valence-electron chi connectivity index (χ3n) is 3.98. The van der Waals surface area contributed by atoms with Gasteiger partial charge in [0.2, 0.25) is 0 Å². The second kappa shape index (κ2) is 7.53. The molecule has 3 aromatic rings. The van der Waals surface area contributed by atoms with Gasteiger partial charge in [-0.05, 0) is 50.5 Å². The van der Waals surface area contributed by atoms with Gasteiger partial charge in [-0.15, -0.1) is 0 Å². The Morgan fingerprint density at radius 3 is 2.69 bits per heavy atom. The minimum atomic E-state index is -0.346. The lowest BCUT2D eigenvalue weighted by atomic mass is 10.1. The van der Waals surface area contributed by atoms with Crippen molar-refractivity contribution in [3.63, 3.8) is 0 Å². The van der Waals surface area contributed by atoms with Gasteiger partial charge in [-0.3, -0.25) is 9.48 Å². The summed E-state index contributed by atoms with van der Waals surface area (Å²) < 4.78 is 20.7. The Labute approximate surface area is 151 Å². The van der Waals surface area contributed by atoms with Crippen molar-refractivity contribution < 1.29 is 13.9 Å². The van der Waals surface area contributed by atoms with E-state index in [4.69, 9.17) is 4.74 Å². The Morgan fingerprint density at radius 2 is 2.00 bits per heavy atom. The van der Waals surface area contributed by atoms with Crippen LogP contribution >= 0.6 is 0 Å². The van der Waals surface area contributed by atoms with Gasteiger partial charge < -0.3 is 15.0 Å². The highest BCUT2D eigenvalue weighted by Crippen LogP contribution is 2.30. The van der Waals surface area contributed by atoms with E-state index < -0.39 is 0 Å². The lowest BCUT2D eigenvalue weighted by molar-refractivity contribution is 0.0949. The third kappa shape index (κ3) is 4.00. The molecule has 0 aliphatic carbocycles. The molecule has 0 aliphatic rings. The number of rotatable bonds is 6. The van der Waals surface area contributed by atoms with Crippen molar-refractivity contribution in [2.45, 2.75) is 0 Å². The summed E-state index contributed by atoms with van der Waals surface area (Å²) in [5.74, 6) is 0.283. The van der Waals surface area contributed by atoms with Crippen LogP contribution < -0.4 is 10.1 Å². The Morgan fingerprint density at radius 1 is 1.27 bits per heavy atom. The number of likely N-dealkylation sites (N-methyl/N-ethyl adjacent to an activating group) is 1. The standard InChI is InChI=1S/C19H21FN4O2/c1-23(2)9-8-21-19(25)16-11-17-13(12-22-24(17)3)10-18(16)26-15-6-4-14(20)5-7-15/h4-7,10-12H,8-9H2,1-3H3,(H,21,25). The highest BCUT2D eigenvalue weighted by molar-refractivity contribution is 6.01. The molecule has 0 atom stereocenters. The molecular formula is C19H21FN4O2. The summed E-state index contributed by atoms with van der Waals surface area (Å²) in [6.45, 7) is 1.25. The van der Waals surface area contributed by atoms with E-state index in [9.17, 15) is 9.18 Å². The number of halogens is 1. The van der Waals surface area contributed by atoms with Crippen LogP contribution in [0.4, 0.5) is 4.39 Å². The summed E-state index contributed by atoms with van der Waals surface area (Å²) in [6, 6.07) is 9.20. The van der Waals surface area contributed by atoms with Crippen LogP contribution in [0.5, 0.6) is 11.5 Å². The van der Waals surface area contributed by atoms with Gasteiger partial charge in [0.25, 0.3) is 5.91 Å². The number of fused-ring (bicyclic) bond motifs is 1. The summed E-state index contributed by atoms with van der Waals surface area (Å²) in [6.07, 6.45) is 1.71. The number of carbonyl (C=O) groups is 1. The van der Waals surface area contributed by atoms with Gasteiger partial charge in [-0.1, -0.05) is 0 Å². The molecule has 1 N–H and O–H groups in total. The smallest absolute Gasteiger partial charge is 0.255 e. The highest BCUT2D eigenvalue weighted by Gasteiger charge is 2.16. The van der Waals surface area contributed by atoms with Crippen molar-refractivity contribution in [1.29, 1.82) is 0 Å². The van der Waals surface area contributed by atoms with E-state index >= 15 is 0 Å². The average molecular weight is 356 g/mol. The van der Waals surface area contributed by atoms with Crippen LogP contribution in [0, 0.1) is 5.82 Å². The fourth-order valence-electron chi connectivity index (χ4n) is 2.56. The van der Waals surface area contributed by atoms with E-state index in [0.717, 1.165) is 17.4 Å². The Kier molecular flexibility index (Phi) is 5.18. The molecule has 6 nitrogen and oxygen atoms in total. The summed E-state index contributed by atoms with van der Waals surface area (Å²) in [5.41, 5.74) is 1.23. The Hall–Kier alpha value is -2.93. The van der Waals surface area contributed by atoms with Gasteiger partial charge in [0.05, 0.1) is 17.3 Å². The van der Waals surface area contributed by atoms with Crippen LogP contribution in [-0.2, 0) is 7.05 Å². The fourth-order valence-corrected chi connectivity index (χ4v) is 2.56. The summed E-state index contributed by atoms with van der Waals surface area (Å²) in [5, 5.41) is 7.96. The molecule has 0 bridgehead atoms. The van der Waals surface area contributed by atoms with Crippen LogP contribution in [0.3, 0.4) is 0 Å². The van der Waals surface area contributed by atoms with Gasteiger partial charge in [0.1, 0.15) is 17.3 Å². The molecule has 3 rings (SSSR count). The molecule has 0 fully saturated rings. The van der Waals surface area contributed by atoms with Crippen molar-refractivity contribution in [3.8, 4) is 11.5 Å². The maximum Gasteiger partial charge on any atom is 0.255 e. The van der Waals surface area contributed by atoms with Crippen molar-refractivity contribution in [2.24, 2.45) is 7.05 Å². The fraction of sp³-hybridized carbons (Fsp3) is 0.263. The van der Waals surface area contributed by atoms with Gasteiger partial charge in [0.15, 0.2) is 0 Å². The van der Waals surface area contributed by atoms with E-state index in [2.05, 4.69) is 10.4 Å². The molecule has 0 unspecified atom stereocenters. The zero-order valence-corrected chi connectivity index (χ0v) is 15.0.